The van der Waals surface area contributed by atoms with Gasteiger partial charge in [0.15, 0.2) is 17.3 Å². The van der Waals surface area contributed by atoms with Crippen LogP contribution in [0.1, 0.15) is 27.6 Å². The maximum atomic E-state index is 12.3. The van der Waals surface area contributed by atoms with E-state index >= 15 is 0 Å². The number of nitrogens with zero attached hydrogens (tertiary/aromatic N) is 5. The molecule has 0 radical (unpaired) electrons. The molecule has 0 saturated heterocycles. The van der Waals surface area contributed by atoms with Gasteiger partial charge in [-0.2, -0.15) is 4.98 Å². The molecule has 8 nitrogen and oxygen atoms in total. The molecule has 0 atom stereocenters. The van der Waals surface area contributed by atoms with Crippen LogP contribution in [-0.4, -0.2) is 30.6 Å². The van der Waals surface area contributed by atoms with Crippen LogP contribution in [0.5, 0.6) is 0 Å². The van der Waals surface area contributed by atoms with E-state index in [1.807, 2.05) is 47.9 Å². The molecule has 0 aliphatic heterocycles. The van der Waals surface area contributed by atoms with Crippen LogP contribution in [0.2, 0.25) is 0 Å². The van der Waals surface area contributed by atoms with E-state index in [1.165, 1.54) is 0 Å². The third-order valence-electron chi connectivity index (χ3n) is 3.94. The molecule has 0 spiro atoms. The van der Waals surface area contributed by atoms with Gasteiger partial charge >= 0.3 is 0 Å². The standard InChI is InChI=1S/C18H16N6O2/c1-11-4-3-5-13(8-11)17(25)19-10-16-22-21-15-9-14(6-7-24(15)16)18-20-12(2)23-26-18/h3-9H,10H2,1-2H3,(H,19,25). The van der Waals surface area contributed by atoms with Crippen molar-refractivity contribution in [2.24, 2.45) is 0 Å². The van der Waals surface area contributed by atoms with E-state index in [9.17, 15) is 4.79 Å². The van der Waals surface area contributed by atoms with Crippen molar-refractivity contribution in [3.05, 3.63) is 65.4 Å². The molecule has 3 aromatic heterocycles. The highest BCUT2D eigenvalue weighted by atomic mass is 16.5. The van der Waals surface area contributed by atoms with E-state index in [2.05, 4.69) is 25.7 Å². The predicted octanol–water partition coefficient (Wildman–Crippen LogP) is 2.33. The number of aromatic nitrogens is 5. The Hall–Kier alpha value is -3.55. The minimum atomic E-state index is -0.150. The van der Waals surface area contributed by atoms with Crippen molar-refractivity contribution in [2.75, 3.05) is 0 Å². The quantitative estimate of drug-likeness (QED) is 0.608. The maximum Gasteiger partial charge on any atom is 0.258 e. The summed E-state index contributed by atoms with van der Waals surface area (Å²) in [5, 5.41) is 15.0. The van der Waals surface area contributed by atoms with Gasteiger partial charge in [-0.15, -0.1) is 10.2 Å². The summed E-state index contributed by atoms with van der Waals surface area (Å²) in [6.45, 7) is 3.98. The van der Waals surface area contributed by atoms with E-state index in [-0.39, 0.29) is 12.5 Å². The lowest BCUT2D eigenvalue weighted by Gasteiger charge is -2.05. The van der Waals surface area contributed by atoms with Gasteiger partial charge in [-0.1, -0.05) is 22.9 Å². The molecule has 0 aliphatic carbocycles. The highest BCUT2D eigenvalue weighted by Gasteiger charge is 2.12. The Morgan fingerprint density at radius 2 is 2.08 bits per heavy atom. The van der Waals surface area contributed by atoms with Crippen LogP contribution in [0.3, 0.4) is 0 Å². The van der Waals surface area contributed by atoms with Gasteiger partial charge < -0.3 is 9.84 Å². The molecule has 3 heterocycles. The molecule has 4 rings (SSSR count). The van der Waals surface area contributed by atoms with Crippen LogP contribution >= 0.6 is 0 Å². The van der Waals surface area contributed by atoms with Gasteiger partial charge in [0.25, 0.3) is 11.8 Å². The number of rotatable bonds is 4. The Kier molecular flexibility index (Phi) is 3.92. The molecule has 1 amide bonds. The number of pyridine rings is 1. The third kappa shape index (κ3) is 3.04. The van der Waals surface area contributed by atoms with Gasteiger partial charge in [-0.05, 0) is 38.1 Å². The molecule has 4 aromatic rings. The van der Waals surface area contributed by atoms with Crippen LogP contribution in [0.15, 0.2) is 47.1 Å². The van der Waals surface area contributed by atoms with Crippen LogP contribution < -0.4 is 5.32 Å². The summed E-state index contributed by atoms with van der Waals surface area (Å²) in [7, 11) is 0. The van der Waals surface area contributed by atoms with E-state index in [4.69, 9.17) is 4.52 Å². The van der Waals surface area contributed by atoms with Gasteiger partial charge in [0.05, 0.1) is 6.54 Å². The Morgan fingerprint density at radius 3 is 2.85 bits per heavy atom. The zero-order chi connectivity index (χ0) is 18.1. The lowest BCUT2D eigenvalue weighted by atomic mass is 10.1. The summed E-state index contributed by atoms with van der Waals surface area (Å²) in [5.41, 5.74) is 3.06. The highest BCUT2D eigenvalue weighted by Crippen LogP contribution is 2.18. The van der Waals surface area contributed by atoms with E-state index in [0.717, 1.165) is 11.1 Å². The monoisotopic (exact) mass is 348 g/mol. The number of aryl methyl sites for hydroxylation is 2. The van der Waals surface area contributed by atoms with Crippen molar-refractivity contribution in [2.45, 2.75) is 20.4 Å². The first-order valence-corrected chi connectivity index (χ1v) is 8.09. The topological polar surface area (TPSA) is 98.2 Å². The molecule has 26 heavy (non-hydrogen) atoms. The Labute approximate surface area is 148 Å². The fourth-order valence-corrected chi connectivity index (χ4v) is 2.66. The van der Waals surface area contributed by atoms with Crippen molar-refractivity contribution in [1.29, 1.82) is 0 Å². The summed E-state index contributed by atoms with van der Waals surface area (Å²) in [5.74, 6) is 1.49. The summed E-state index contributed by atoms with van der Waals surface area (Å²) in [4.78, 5) is 16.5. The largest absolute Gasteiger partial charge is 0.345 e. The van der Waals surface area contributed by atoms with Crippen molar-refractivity contribution in [3.8, 4) is 11.5 Å². The average Bonchev–Trinajstić information content (AvgIpc) is 3.25. The second-order valence-corrected chi connectivity index (χ2v) is 5.96. The molecule has 0 fully saturated rings. The smallest absolute Gasteiger partial charge is 0.258 e. The first kappa shape index (κ1) is 15.9. The van der Waals surface area contributed by atoms with Gasteiger partial charge in [0.2, 0.25) is 0 Å². The van der Waals surface area contributed by atoms with Crippen molar-refractivity contribution in [3.63, 3.8) is 0 Å². The van der Waals surface area contributed by atoms with E-state index in [1.54, 1.807) is 13.0 Å². The molecule has 8 heteroatoms. The van der Waals surface area contributed by atoms with Crippen molar-refractivity contribution >= 4 is 11.6 Å². The van der Waals surface area contributed by atoms with Crippen LogP contribution in [-0.2, 0) is 6.54 Å². The molecule has 0 unspecified atom stereocenters. The first-order chi connectivity index (χ1) is 12.6. The van der Waals surface area contributed by atoms with Crippen LogP contribution in [0.4, 0.5) is 0 Å². The Bertz CT molecular complexity index is 1100. The van der Waals surface area contributed by atoms with Crippen molar-refractivity contribution in [1.82, 2.24) is 30.1 Å². The summed E-state index contributed by atoms with van der Waals surface area (Å²) < 4.78 is 6.98. The number of fused-ring (bicyclic) bond motifs is 1. The molecular formula is C18H16N6O2. The Balaban J connectivity index is 1.53. The van der Waals surface area contributed by atoms with Gasteiger partial charge in [-0.25, -0.2) is 0 Å². The third-order valence-corrected chi connectivity index (χ3v) is 3.94. The zero-order valence-corrected chi connectivity index (χ0v) is 14.3. The number of hydrogen-bond donors (Lipinski definition) is 1. The van der Waals surface area contributed by atoms with Gasteiger partial charge in [0.1, 0.15) is 0 Å². The normalized spacial score (nSPS) is 11.0. The van der Waals surface area contributed by atoms with Crippen molar-refractivity contribution < 1.29 is 9.32 Å². The highest BCUT2D eigenvalue weighted by molar-refractivity contribution is 5.94. The number of benzene rings is 1. The summed E-state index contributed by atoms with van der Waals surface area (Å²) in [6, 6.07) is 11.1. The fraction of sp³-hybridized carbons (Fsp3) is 0.167. The molecule has 0 saturated carbocycles. The van der Waals surface area contributed by atoms with E-state index < -0.39 is 0 Å². The van der Waals surface area contributed by atoms with Gasteiger partial charge in [0, 0.05) is 17.3 Å². The number of hydrogen-bond acceptors (Lipinski definition) is 6. The number of carbonyl (C=O) groups excluding carboxylic acids is 1. The first-order valence-electron chi connectivity index (χ1n) is 8.09. The minimum Gasteiger partial charge on any atom is -0.345 e. The fourth-order valence-electron chi connectivity index (χ4n) is 2.66. The molecule has 1 aromatic carbocycles. The zero-order valence-electron chi connectivity index (χ0n) is 14.3. The number of amides is 1. The molecule has 1 N–H and O–H groups in total. The average molecular weight is 348 g/mol. The molecular weight excluding hydrogens is 332 g/mol. The SMILES string of the molecule is Cc1cccc(C(=O)NCc2nnc3cc(-c4nc(C)no4)ccn23)c1. The molecule has 130 valence electrons. The maximum absolute atomic E-state index is 12.3. The predicted molar refractivity (Wildman–Crippen MR) is 93.4 cm³/mol. The van der Waals surface area contributed by atoms with Crippen LogP contribution in [0.25, 0.3) is 17.1 Å². The minimum absolute atomic E-state index is 0.150. The van der Waals surface area contributed by atoms with Gasteiger partial charge in [-0.3, -0.25) is 9.20 Å². The Morgan fingerprint density at radius 1 is 1.19 bits per heavy atom. The summed E-state index contributed by atoms with van der Waals surface area (Å²) in [6.07, 6.45) is 1.82. The van der Waals surface area contributed by atoms with E-state index in [0.29, 0.717) is 28.8 Å². The second kappa shape index (κ2) is 6.40. The summed E-state index contributed by atoms with van der Waals surface area (Å²) >= 11 is 0. The molecule has 0 aliphatic rings. The molecule has 0 bridgehead atoms. The van der Waals surface area contributed by atoms with Crippen LogP contribution in [0, 0.1) is 13.8 Å². The number of nitrogens with one attached hydrogen (secondary N) is 1. The number of carbonyl (C=O) groups is 1. The lowest BCUT2D eigenvalue weighted by Crippen LogP contribution is -2.24. The lowest BCUT2D eigenvalue weighted by molar-refractivity contribution is 0.0949. The second-order valence-electron chi connectivity index (χ2n) is 5.96.